The van der Waals surface area contributed by atoms with Crippen LogP contribution in [-0.2, 0) is 4.79 Å². The lowest BCUT2D eigenvalue weighted by atomic mass is 10.1. The van der Waals surface area contributed by atoms with Crippen molar-refractivity contribution in [1.29, 1.82) is 0 Å². The Kier molecular flexibility index (Phi) is 5.53. The fraction of sp³-hybridized carbons (Fsp3) is 0.133. The van der Waals surface area contributed by atoms with Crippen LogP contribution in [0.4, 0.5) is 5.69 Å². The van der Waals surface area contributed by atoms with Gasteiger partial charge in [-0.3, -0.25) is 19.9 Å². The lowest BCUT2D eigenvalue weighted by Gasteiger charge is -2.09. The van der Waals surface area contributed by atoms with Gasteiger partial charge in [-0.1, -0.05) is 12.1 Å². The van der Waals surface area contributed by atoms with Crippen molar-refractivity contribution >= 4 is 23.8 Å². The molecule has 0 saturated carbocycles. The highest BCUT2D eigenvalue weighted by molar-refractivity contribution is 5.73. The molecule has 0 aliphatic rings. The molecule has 0 amide bonds. The Morgan fingerprint density at radius 2 is 2.00 bits per heavy atom. The summed E-state index contributed by atoms with van der Waals surface area (Å²) in [4.78, 5) is 47.5. The maximum absolute atomic E-state index is 11.6. The molecule has 11 heteroatoms. The first-order valence-electron chi connectivity index (χ1n) is 7.03. The van der Waals surface area contributed by atoms with Gasteiger partial charge >= 0.3 is 22.9 Å². The minimum atomic E-state index is -1.15. The minimum absolute atomic E-state index is 0.197. The Morgan fingerprint density at radius 1 is 1.27 bits per heavy atom. The Balaban J connectivity index is 2.37. The number of hydrogen-bond acceptors (Lipinski definition) is 7. The second-order valence-corrected chi connectivity index (χ2v) is 4.85. The number of aromatic amines is 2. The van der Waals surface area contributed by atoms with Crippen molar-refractivity contribution in [2.45, 2.75) is 0 Å². The molecule has 0 unspecified atom stereocenters. The van der Waals surface area contributed by atoms with Gasteiger partial charge in [-0.25, -0.2) is 9.59 Å². The van der Waals surface area contributed by atoms with E-state index in [1.807, 2.05) is 0 Å². The number of carbonyl (C=O) groups is 1. The predicted octanol–water partition coefficient (Wildman–Crippen LogP) is 0.614. The number of carboxylic acids is 1. The average Bonchev–Trinajstić information content (AvgIpc) is 2.57. The maximum atomic E-state index is 11.6. The normalized spacial score (nSPS) is 10.7. The second-order valence-electron chi connectivity index (χ2n) is 4.85. The van der Waals surface area contributed by atoms with Gasteiger partial charge < -0.3 is 19.6 Å². The van der Waals surface area contributed by atoms with Crippen molar-refractivity contribution in [2.75, 3.05) is 13.7 Å². The number of ether oxygens (including phenoxy) is 2. The standard InChI is InChI=1S/C15H13N3O8/c1-25-11-6-8(3-5-10(11)26-7-12(19)20)2-4-9-13(18(23)24)14(21)17-15(22)16-9/h2-6H,7H2,1H3,(H,19,20)(H2,16,17,21,22)/b4-2-. The van der Waals surface area contributed by atoms with E-state index in [0.29, 0.717) is 5.56 Å². The molecule has 0 atom stereocenters. The molecule has 2 rings (SSSR count). The second kappa shape index (κ2) is 7.79. The molecule has 11 nitrogen and oxygen atoms in total. The number of benzene rings is 1. The number of H-pyrrole nitrogens is 2. The van der Waals surface area contributed by atoms with Crippen LogP contribution >= 0.6 is 0 Å². The van der Waals surface area contributed by atoms with Crippen LogP contribution in [0.1, 0.15) is 11.3 Å². The highest BCUT2D eigenvalue weighted by Gasteiger charge is 2.18. The van der Waals surface area contributed by atoms with Crippen LogP contribution in [0, 0.1) is 10.1 Å². The number of rotatable bonds is 7. The molecule has 0 bridgehead atoms. The summed E-state index contributed by atoms with van der Waals surface area (Å²) in [5, 5.41) is 19.6. The van der Waals surface area contributed by atoms with Crippen LogP contribution in [0.5, 0.6) is 11.5 Å². The first-order valence-corrected chi connectivity index (χ1v) is 7.03. The van der Waals surface area contributed by atoms with Gasteiger partial charge in [-0.05, 0) is 23.8 Å². The Morgan fingerprint density at radius 3 is 2.62 bits per heavy atom. The van der Waals surface area contributed by atoms with Gasteiger partial charge in [0.1, 0.15) is 5.69 Å². The summed E-state index contributed by atoms with van der Waals surface area (Å²) in [7, 11) is 1.36. The molecule has 0 fully saturated rings. The zero-order chi connectivity index (χ0) is 19.3. The Hall–Kier alpha value is -3.89. The molecule has 3 N–H and O–H groups in total. The van der Waals surface area contributed by atoms with E-state index in [-0.39, 0.29) is 17.2 Å². The molecule has 0 radical (unpaired) electrons. The molecule has 0 spiro atoms. The largest absolute Gasteiger partial charge is 0.493 e. The van der Waals surface area contributed by atoms with Gasteiger partial charge in [0.2, 0.25) is 0 Å². The first kappa shape index (κ1) is 18.4. The zero-order valence-corrected chi connectivity index (χ0v) is 13.3. The van der Waals surface area contributed by atoms with E-state index in [1.165, 1.54) is 37.5 Å². The van der Waals surface area contributed by atoms with E-state index >= 15 is 0 Å². The Labute approximate surface area is 144 Å². The van der Waals surface area contributed by atoms with Crippen molar-refractivity contribution in [2.24, 2.45) is 0 Å². The monoisotopic (exact) mass is 363 g/mol. The van der Waals surface area contributed by atoms with Crippen molar-refractivity contribution in [3.05, 3.63) is 60.4 Å². The van der Waals surface area contributed by atoms with E-state index in [9.17, 15) is 24.5 Å². The van der Waals surface area contributed by atoms with Gasteiger partial charge in [0.25, 0.3) is 0 Å². The highest BCUT2D eigenvalue weighted by Crippen LogP contribution is 2.28. The van der Waals surface area contributed by atoms with Crippen LogP contribution in [0.15, 0.2) is 27.8 Å². The summed E-state index contributed by atoms with van der Waals surface area (Å²) in [5.74, 6) is -0.716. The van der Waals surface area contributed by atoms with E-state index < -0.39 is 34.4 Å². The first-order chi connectivity index (χ1) is 12.3. The lowest BCUT2D eigenvalue weighted by molar-refractivity contribution is -0.386. The smallest absolute Gasteiger partial charge is 0.357 e. The molecule has 26 heavy (non-hydrogen) atoms. The summed E-state index contributed by atoms with van der Waals surface area (Å²) < 4.78 is 10.2. The third kappa shape index (κ3) is 4.35. The Bertz CT molecular complexity index is 989. The number of nitro groups is 1. The average molecular weight is 363 g/mol. The number of aliphatic carboxylic acids is 1. The SMILES string of the molecule is COc1cc(/C=C\c2[nH]c(=O)[nH]c(=O)c2[N+](=O)[O-])ccc1OCC(=O)O. The topological polar surface area (TPSA) is 165 Å². The number of nitrogens with one attached hydrogen (secondary N) is 2. The number of nitrogens with zero attached hydrogens (tertiary/aromatic N) is 1. The fourth-order valence-electron chi connectivity index (χ4n) is 2.03. The fourth-order valence-corrected chi connectivity index (χ4v) is 2.03. The minimum Gasteiger partial charge on any atom is -0.493 e. The summed E-state index contributed by atoms with van der Waals surface area (Å²) in [6.45, 7) is -0.550. The van der Waals surface area contributed by atoms with Crippen LogP contribution in [0.25, 0.3) is 12.2 Å². The summed E-state index contributed by atoms with van der Waals surface area (Å²) in [6.07, 6.45) is 2.60. The number of methoxy groups -OCH3 is 1. The third-order valence-electron chi connectivity index (χ3n) is 3.11. The van der Waals surface area contributed by atoms with Crippen LogP contribution in [0.3, 0.4) is 0 Å². The molecular formula is C15H13N3O8. The van der Waals surface area contributed by atoms with Crippen molar-refractivity contribution < 1.29 is 24.3 Å². The molecule has 1 aromatic carbocycles. The maximum Gasteiger partial charge on any atom is 0.357 e. The summed E-state index contributed by atoms with van der Waals surface area (Å²) in [6, 6.07) is 4.48. The molecule has 1 aromatic heterocycles. The van der Waals surface area contributed by atoms with Crippen molar-refractivity contribution in [1.82, 2.24) is 9.97 Å². The van der Waals surface area contributed by atoms with Gasteiger partial charge in [0.15, 0.2) is 18.1 Å². The molecule has 0 aliphatic carbocycles. The number of hydrogen-bond donors (Lipinski definition) is 3. The third-order valence-corrected chi connectivity index (χ3v) is 3.11. The van der Waals surface area contributed by atoms with E-state index in [1.54, 1.807) is 4.98 Å². The summed E-state index contributed by atoms with van der Waals surface area (Å²) >= 11 is 0. The van der Waals surface area contributed by atoms with Crippen molar-refractivity contribution in [3.63, 3.8) is 0 Å². The zero-order valence-electron chi connectivity index (χ0n) is 13.3. The quantitative estimate of drug-likeness (QED) is 0.475. The molecule has 136 valence electrons. The molecular weight excluding hydrogens is 350 g/mol. The molecule has 1 heterocycles. The predicted molar refractivity (Wildman–Crippen MR) is 89.4 cm³/mol. The van der Waals surface area contributed by atoms with Crippen molar-refractivity contribution in [3.8, 4) is 11.5 Å². The van der Waals surface area contributed by atoms with Crippen LogP contribution in [0.2, 0.25) is 0 Å². The molecule has 0 aliphatic heterocycles. The van der Waals surface area contributed by atoms with E-state index in [4.69, 9.17) is 14.6 Å². The van der Waals surface area contributed by atoms with E-state index in [0.717, 1.165) is 0 Å². The van der Waals surface area contributed by atoms with Crippen LogP contribution < -0.4 is 20.7 Å². The summed E-state index contributed by atoms with van der Waals surface area (Å²) in [5.41, 5.74) is -2.56. The van der Waals surface area contributed by atoms with E-state index in [2.05, 4.69) is 4.98 Å². The highest BCUT2D eigenvalue weighted by atomic mass is 16.6. The lowest BCUT2D eigenvalue weighted by Crippen LogP contribution is -2.25. The van der Waals surface area contributed by atoms with Crippen LogP contribution in [-0.4, -0.2) is 39.7 Å². The molecule has 0 saturated heterocycles. The number of aromatic nitrogens is 2. The van der Waals surface area contributed by atoms with Gasteiger partial charge in [0, 0.05) is 0 Å². The van der Waals surface area contributed by atoms with Gasteiger partial charge in [0.05, 0.1) is 12.0 Å². The molecule has 2 aromatic rings. The number of carboxylic acid groups (broad SMARTS) is 1. The van der Waals surface area contributed by atoms with Gasteiger partial charge in [-0.15, -0.1) is 0 Å². The van der Waals surface area contributed by atoms with Gasteiger partial charge in [-0.2, -0.15) is 0 Å².